The first kappa shape index (κ1) is 7.21. The predicted molar refractivity (Wildman–Crippen MR) is 43.7 cm³/mol. The molecule has 3 nitrogen and oxygen atoms in total. The minimum atomic E-state index is 0.485. The fraction of sp³-hybridized carbons (Fsp3) is 0.333. The van der Waals surface area contributed by atoms with Crippen LogP contribution in [0.3, 0.4) is 0 Å². The van der Waals surface area contributed by atoms with Crippen LogP contribution in [-0.2, 0) is 13.5 Å². The van der Waals surface area contributed by atoms with Gasteiger partial charge in [0.25, 0.3) is 0 Å². The molecule has 0 saturated carbocycles. The monoisotopic (exact) mass is 155 g/mol. The van der Waals surface area contributed by atoms with E-state index in [1.54, 1.807) is 4.68 Å². The average Bonchev–Trinajstić information content (AvgIpc) is 2.13. The second-order valence-electron chi connectivity index (χ2n) is 2.12. The van der Waals surface area contributed by atoms with Crippen molar-refractivity contribution in [3.8, 4) is 0 Å². The Balaban J connectivity index is 2.67. The number of thiocarbonyl (C=S) groups is 1. The van der Waals surface area contributed by atoms with Crippen molar-refractivity contribution in [3.05, 3.63) is 18.0 Å². The third kappa shape index (κ3) is 1.80. The smallest absolute Gasteiger partial charge is 0.0788 e. The average molecular weight is 155 g/mol. The van der Waals surface area contributed by atoms with E-state index in [1.165, 1.54) is 0 Å². The lowest BCUT2D eigenvalue weighted by Gasteiger charge is -1.90. The molecule has 0 aliphatic rings. The minimum absolute atomic E-state index is 0.485. The number of hydrogen-bond acceptors (Lipinski definition) is 2. The summed E-state index contributed by atoms with van der Waals surface area (Å²) in [5.74, 6) is 0. The topological polar surface area (TPSA) is 43.8 Å². The maximum Gasteiger partial charge on any atom is 0.0788 e. The summed E-state index contributed by atoms with van der Waals surface area (Å²) in [5.41, 5.74) is 6.24. The zero-order valence-corrected chi connectivity index (χ0v) is 6.56. The van der Waals surface area contributed by atoms with Crippen molar-refractivity contribution in [1.29, 1.82) is 0 Å². The van der Waals surface area contributed by atoms with Crippen LogP contribution < -0.4 is 5.73 Å². The fourth-order valence-corrected chi connectivity index (χ4v) is 0.884. The molecule has 0 aromatic carbocycles. The van der Waals surface area contributed by atoms with Gasteiger partial charge in [0.1, 0.15) is 0 Å². The second-order valence-corrected chi connectivity index (χ2v) is 2.65. The summed E-state index contributed by atoms with van der Waals surface area (Å²) < 4.78 is 1.73. The summed E-state index contributed by atoms with van der Waals surface area (Å²) in [6.07, 6.45) is 2.46. The molecule has 0 saturated heterocycles. The van der Waals surface area contributed by atoms with E-state index >= 15 is 0 Å². The Hall–Kier alpha value is -0.900. The summed E-state index contributed by atoms with van der Waals surface area (Å²) >= 11 is 4.72. The number of aromatic nitrogens is 2. The van der Waals surface area contributed by atoms with Gasteiger partial charge in [-0.3, -0.25) is 4.68 Å². The lowest BCUT2D eigenvalue weighted by molar-refractivity contribution is 0.753. The number of rotatable bonds is 2. The summed E-state index contributed by atoms with van der Waals surface area (Å²) in [6, 6.07) is 1.90. The van der Waals surface area contributed by atoms with E-state index < -0.39 is 0 Å². The molecule has 2 N–H and O–H groups in total. The molecule has 0 aliphatic carbocycles. The number of aryl methyl sites for hydroxylation is 1. The summed E-state index contributed by atoms with van der Waals surface area (Å²) in [4.78, 5) is 0.485. The third-order valence-electron chi connectivity index (χ3n) is 1.12. The maximum atomic E-state index is 5.32. The first-order chi connectivity index (χ1) is 4.68. The Morgan fingerprint density at radius 2 is 2.60 bits per heavy atom. The predicted octanol–water partition coefficient (Wildman–Crippen LogP) is 0.249. The lowest BCUT2D eigenvalue weighted by atomic mass is 10.3. The van der Waals surface area contributed by atoms with Gasteiger partial charge in [0.2, 0.25) is 0 Å². The minimum Gasteiger partial charge on any atom is -0.393 e. The molecule has 10 heavy (non-hydrogen) atoms. The highest BCUT2D eigenvalue weighted by Gasteiger charge is 1.96. The molecule has 54 valence electrons. The van der Waals surface area contributed by atoms with Gasteiger partial charge in [-0.2, -0.15) is 5.10 Å². The van der Waals surface area contributed by atoms with Gasteiger partial charge in [-0.25, -0.2) is 0 Å². The zero-order valence-electron chi connectivity index (χ0n) is 5.74. The molecule has 1 aromatic heterocycles. The SMILES string of the molecule is Cn1ccc(CC(N)=S)n1. The molecule has 1 rings (SSSR count). The Labute approximate surface area is 64.8 Å². The van der Waals surface area contributed by atoms with Gasteiger partial charge < -0.3 is 5.73 Å². The van der Waals surface area contributed by atoms with Crippen LogP contribution in [0, 0.1) is 0 Å². The molecule has 0 bridgehead atoms. The third-order valence-corrected chi connectivity index (χ3v) is 1.27. The van der Waals surface area contributed by atoms with Crippen molar-refractivity contribution in [2.75, 3.05) is 0 Å². The molecule has 1 aromatic rings. The van der Waals surface area contributed by atoms with Gasteiger partial charge in [0.15, 0.2) is 0 Å². The van der Waals surface area contributed by atoms with Gasteiger partial charge in [0.05, 0.1) is 10.7 Å². The van der Waals surface area contributed by atoms with Crippen LogP contribution in [0.1, 0.15) is 5.69 Å². The first-order valence-corrected chi connectivity index (χ1v) is 3.36. The zero-order chi connectivity index (χ0) is 7.56. The van der Waals surface area contributed by atoms with E-state index in [4.69, 9.17) is 18.0 Å². The Kier molecular flexibility index (Phi) is 2.01. The second kappa shape index (κ2) is 2.79. The van der Waals surface area contributed by atoms with Crippen molar-refractivity contribution >= 4 is 17.2 Å². The van der Waals surface area contributed by atoms with Crippen molar-refractivity contribution in [3.63, 3.8) is 0 Å². The van der Waals surface area contributed by atoms with Crippen LogP contribution >= 0.6 is 12.2 Å². The summed E-state index contributed by atoms with van der Waals surface area (Å²) in [7, 11) is 1.86. The van der Waals surface area contributed by atoms with Crippen molar-refractivity contribution < 1.29 is 0 Å². The van der Waals surface area contributed by atoms with Gasteiger partial charge in [-0.05, 0) is 6.07 Å². The van der Waals surface area contributed by atoms with Crippen molar-refractivity contribution in [2.45, 2.75) is 6.42 Å². The molecule has 0 spiro atoms. The molecule has 4 heteroatoms. The largest absolute Gasteiger partial charge is 0.393 e. The van der Waals surface area contributed by atoms with Crippen molar-refractivity contribution in [1.82, 2.24) is 9.78 Å². The molecule has 1 heterocycles. The summed E-state index contributed by atoms with van der Waals surface area (Å²) in [5, 5.41) is 4.10. The van der Waals surface area contributed by atoms with Crippen molar-refractivity contribution in [2.24, 2.45) is 12.8 Å². The van der Waals surface area contributed by atoms with Crippen LogP contribution in [0.2, 0.25) is 0 Å². The number of nitrogens with two attached hydrogens (primary N) is 1. The van der Waals surface area contributed by atoms with E-state index in [9.17, 15) is 0 Å². The molecule has 0 unspecified atom stereocenters. The molecule has 0 radical (unpaired) electrons. The van der Waals surface area contributed by atoms with E-state index in [2.05, 4.69) is 5.10 Å². The summed E-state index contributed by atoms with van der Waals surface area (Å²) in [6.45, 7) is 0. The molecule has 0 atom stereocenters. The molecule has 0 aliphatic heterocycles. The van der Waals surface area contributed by atoms with E-state index in [-0.39, 0.29) is 0 Å². The van der Waals surface area contributed by atoms with Crippen LogP contribution in [-0.4, -0.2) is 14.8 Å². The van der Waals surface area contributed by atoms with Gasteiger partial charge in [-0.1, -0.05) is 12.2 Å². The van der Waals surface area contributed by atoms with Gasteiger partial charge in [0, 0.05) is 19.7 Å². The van der Waals surface area contributed by atoms with Crippen LogP contribution in [0.4, 0.5) is 0 Å². The number of hydrogen-bond donors (Lipinski definition) is 1. The highest BCUT2D eigenvalue weighted by atomic mass is 32.1. The van der Waals surface area contributed by atoms with E-state index in [0.29, 0.717) is 11.4 Å². The molecule has 0 fully saturated rings. The van der Waals surface area contributed by atoms with Gasteiger partial charge in [-0.15, -0.1) is 0 Å². The Bertz CT molecular complexity index is 241. The first-order valence-electron chi connectivity index (χ1n) is 2.95. The Morgan fingerprint density at radius 1 is 1.90 bits per heavy atom. The highest BCUT2D eigenvalue weighted by molar-refractivity contribution is 7.80. The quantitative estimate of drug-likeness (QED) is 0.622. The Morgan fingerprint density at radius 3 is 3.00 bits per heavy atom. The standard InChI is InChI=1S/C6H9N3S/c1-9-3-2-5(8-9)4-6(7)10/h2-3H,4H2,1H3,(H2,7,10). The molecular weight excluding hydrogens is 146 g/mol. The highest BCUT2D eigenvalue weighted by Crippen LogP contribution is 1.94. The number of nitrogens with zero attached hydrogens (tertiary/aromatic N) is 2. The van der Waals surface area contributed by atoms with Crippen LogP contribution in [0.5, 0.6) is 0 Å². The maximum absolute atomic E-state index is 5.32. The van der Waals surface area contributed by atoms with Crippen LogP contribution in [0.15, 0.2) is 12.3 Å². The molecular formula is C6H9N3S. The fourth-order valence-electron chi connectivity index (χ4n) is 0.736. The van der Waals surface area contributed by atoms with E-state index in [0.717, 1.165) is 5.69 Å². The van der Waals surface area contributed by atoms with Crippen LogP contribution in [0.25, 0.3) is 0 Å². The van der Waals surface area contributed by atoms with E-state index in [1.807, 2.05) is 19.3 Å². The molecule has 0 amide bonds. The lowest BCUT2D eigenvalue weighted by Crippen LogP contribution is -2.11. The normalized spacial score (nSPS) is 9.70. The van der Waals surface area contributed by atoms with Gasteiger partial charge >= 0.3 is 0 Å².